The second-order valence-electron chi connectivity index (χ2n) is 6.42. The van der Waals surface area contributed by atoms with Crippen molar-refractivity contribution >= 4 is 0 Å². The molecule has 0 saturated heterocycles. The molecule has 1 aromatic carbocycles. The standard InChI is InChI=1S/C15H25N/c1-11(15(5,6)16)12-7-9-13(10-8-12)14(2,3)4/h7-11H,16H2,1-6H3. The zero-order valence-electron chi connectivity index (χ0n) is 11.5. The largest absolute Gasteiger partial charge is 0.325 e. The van der Waals surface area contributed by atoms with Gasteiger partial charge < -0.3 is 5.73 Å². The van der Waals surface area contributed by atoms with Gasteiger partial charge in [0, 0.05) is 5.54 Å². The Hall–Kier alpha value is -0.820. The number of hydrogen-bond donors (Lipinski definition) is 1. The number of benzene rings is 1. The topological polar surface area (TPSA) is 26.0 Å². The van der Waals surface area contributed by atoms with Crippen molar-refractivity contribution in [2.24, 2.45) is 5.73 Å². The molecular weight excluding hydrogens is 194 g/mol. The van der Waals surface area contributed by atoms with Gasteiger partial charge in [-0.1, -0.05) is 52.0 Å². The Bertz CT molecular complexity index is 335. The zero-order chi connectivity index (χ0) is 12.6. The summed E-state index contributed by atoms with van der Waals surface area (Å²) >= 11 is 0. The average Bonchev–Trinajstić information content (AvgIpc) is 2.14. The normalized spacial score (nSPS) is 14.9. The molecule has 0 aliphatic rings. The van der Waals surface area contributed by atoms with Crippen LogP contribution in [0.4, 0.5) is 0 Å². The third-order valence-corrected chi connectivity index (χ3v) is 3.39. The molecule has 16 heavy (non-hydrogen) atoms. The van der Waals surface area contributed by atoms with Crippen LogP contribution >= 0.6 is 0 Å². The predicted molar refractivity (Wildman–Crippen MR) is 71.8 cm³/mol. The lowest BCUT2D eigenvalue weighted by Crippen LogP contribution is -2.37. The molecule has 0 aromatic heterocycles. The number of nitrogens with two attached hydrogens (primary N) is 1. The van der Waals surface area contributed by atoms with E-state index in [2.05, 4.69) is 65.8 Å². The molecule has 0 amide bonds. The highest BCUT2D eigenvalue weighted by atomic mass is 14.7. The first kappa shape index (κ1) is 13.2. The maximum atomic E-state index is 6.13. The third kappa shape index (κ3) is 3.08. The Morgan fingerprint density at radius 2 is 1.38 bits per heavy atom. The lowest BCUT2D eigenvalue weighted by molar-refractivity contribution is 0.435. The van der Waals surface area contributed by atoms with E-state index < -0.39 is 0 Å². The molecular formula is C15H25N. The monoisotopic (exact) mass is 219 g/mol. The third-order valence-electron chi connectivity index (χ3n) is 3.39. The molecule has 0 bridgehead atoms. The van der Waals surface area contributed by atoms with Crippen molar-refractivity contribution in [3.8, 4) is 0 Å². The van der Waals surface area contributed by atoms with Crippen LogP contribution in [0, 0.1) is 0 Å². The minimum atomic E-state index is -0.163. The molecule has 2 N–H and O–H groups in total. The predicted octanol–water partition coefficient (Wildman–Crippen LogP) is 3.82. The molecule has 0 fully saturated rings. The van der Waals surface area contributed by atoms with E-state index in [-0.39, 0.29) is 11.0 Å². The van der Waals surface area contributed by atoms with Gasteiger partial charge in [0.2, 0.25) is 0 Å². The molecule has 0 spiro atoms. The van der Waals surface area contributed by atoms with E-state index in [0.717, 1.165) is 0 Å². The van der Waals surface area contributed by atoms with Crippen molar-refractivity contribution in [3.63, 3.8) is 0 Å². The number of hydrogen-bond acceptors (Lipinski definition) is 1. The van der Waals surface area contributed by atoms with Crippen LogP contribution in [0.15, 0.2) is 24.3 Å². The molecule has 1 unspecified atom stereocenters. The maximum absolute atomic E-state index is 6.13. The van der Waals surface area contributed by atoms with E-state index in [1.165, 1.54) is 11.1 Å². The molecule has 0 saturated carbocycles. The van der Waals surface area contributed by atoms with Crippen molar-refractivity contribution in [1.29, 1.82) is 0 Å². The molecule has 1 heteroatoms. The number of rotatable bonds is 2. The SMILES string of the molecule is CC(c1ccc(C(C)(C)C)cc1)C(C)(C)N. The lowest BCUT2D eigenvalue weighted by Gasteiger charge is -2.28. The minimum absolute atomic E-state index is 0.163. The van der Waals surface area contributed by atoms with Crippen LogP contribution in [0.2, 0.25) is 0 Å². The highest BCUT2D eigenvalue weighted by Gasteiger charge is 2.22. The summed E-state index contributed by atoms with van der Waals surface area (Å²) in [5.74, 6) is 0.376. The molecule has 0 aliphatic carbocycles. The summed E-state index contributed by atoms with van der Waals surface area (Å²) in [7, 11) is 0. The highest BCUT2D eigenvalue weighted by molar-refractivity contribution is 5.30. The fraction of sp³-hybridized carbons (Fsp3) is 0.600. The van der Waals surface area contributed by atoms with Crippen molar-refractivity contribution in [1.82, 2.24) is 0 Å². The Morgan fingerprint density at radius 3 is 1.69 bits per heavy atom. The smallest absolute Gasteiger partial charge is 0.0163 e. The second kappa shape index (κ2) is 4.21. The van der Waals surface area contributed by atoms with Gasteiger partial charge in [-0.05, 0) is 36.3 Å². The van der Waals surface area contributed by atoms with Crippen molar-refractivity contribution < 1.29 is 0 Å². The molecule has 0 heterocycles. The van der Waals surface area contributed by atoms with E-state index in [1.54, 1.807) is 0 Å². The zero-order valence-corrected chi connectivity index (χ0v) is 11.5. The molecule has 1 aromatic rings. The van der Waals surface area contributed by atoms with E-state index >= 15 is 0 Å². The van der Waals surface area contributed by atoms with E-state index in [0.29, 0.717) is 5.92 Å². The first-order valence-corrected chi connectivity index (χ1v) is 6.01. The second-order valence-corrected chi connectivity index (χ2v) is 6.42. The van der Waals surface area contributed by atoms with Crippen LogP contribution in [0.5, 0.6) is 0 Å². The molecule has 90 valence electrons. The lowest BCUT2D eigenvalue weighted by atomic mass is 9.81. The summed E-state index contributed by atoms with van der Waals surface area (Å²) in [6.07, 6.45) is 0. The Balaban J connectivity index is 2.96. The quantitative estimate of drug-likeness (QED) is 0.804. The van der Waals surface area contributed by atoms with E-state index in [1.807, 2.05) is 0 Å². The Kier molecular flexibility index (Phi) is 3.49. The van der Waals surface area contributed by atoms with Gasteiger partial charge in [0.25, 0.3) is 0 Å². The van der Waals surface area contributed by atoms with Gasteiger partial charge in [-0.25, -0.2) is 0 Å². The van der Waals surface area contributed by atoms with Gasteiger partial charge in [0.1, 0.15) is 0 Å². The van der Waals surface area contributed by atoms with Crippen LogP contribution < -0.4 is 5.73 Å². The molecule has 0 aliphatic heterocycles. The van der Waals surface area contributed by atoms with Gasteiger partial charge in [0.15, 0.2) is 0 Å². The summed E-state index contributed by atoms with van der Waals surface area (Å²) in [6.45, 7) is 13.0. The van der Waals surface area contributed by atoms with Gasteiger partial charge in [0.05, 0.1) is 0 Å². The summed E-state index contributed by atoms with van der Waals surface area (Å²) < 4.78 is 0. The maximum Gasteiger partial charge on any atom is 0.0163 e. The minimum Gasteiger partial charge on any atom is -0.325 e. The van der Waals surface area contributed by atoms with Crippen molar-refractivity contribution in [3.05, 3.63) is 35.4 Å². The molecule has 1 nitrogen and oxygen atoms in total. The fourth-order valence-corrected chi connectivity index (χ4v) is 1.70. The van der Waals surface area contributed by atoms with Gasteiger partial charge in [-0.2, -0.15) is 0 Å². The van der Waals surface area contributed by atoms with Crippen LogP contribution in [0.1, 0.15) is 58.6 Å². The molecule has 1 atom stereocenters. The van der Waals surface area contributed by atoms with E-state index in [9.17, 15) is 0 Å². The fourth-order valence-electron chi connectivity index (χ4n) is 1.70. The summed E-state index contributed by atoms with van der Waals surface area (Å²) in [5.41, 5.74) is 8.89. The van der Waals surface area contributed by atoms with Gasteiger partial charge in [-0.3, -0.25) is 0 Å². The van der Waals surface area contributed by atoms with Crippen LogP contribution in [0.25, 0.3) is 0 Å². The van der Waals surface area contributed by atoms with Gasteiger partial charge >= 0.3 is 0 Å². The summed E-state index contributed by atoms with van der Waals surface area (Å²) in [4.78, 5) is 0. The summed E-state index contributed by atoms with van der Waals surface area (Å²) in [5, 5.41) is 0. The van der Waals surface area contributed by atoms with Crippen molar-refractivity contribution in [2.45, 2.75) is 58.4 Å². The Labute approximate surface area is 100 Å². The van der Waals surface area contributed by atoms with Crippen LogP contribution in [-0.4, -0.2) is 5.54 Å². The first-order valence-electron chi connectivity index (χ1n) is 6.01. The molecule has 1 rings (SSSR count). The average molecular weight is 219 g/mol. The Morgan fingerprint density at radius 1 is 0.938 bits per heavy atom. The van der Waals surface area contributed by atoms with E-state index in [4.69, 9.17) is 5.73 Å². The highest BCUT2D eigenvalue weighted by Crippen LogP contribution is 2.28. The van der Waals surface area contributed by atoms with Crippen LogP contribution in [-0.2, 0) is 5.41 Å². The van der Waals surface area contributed by atoms with Crippen LogP contribution in [0.3, 0.4) is 0 Å². The van der Waals surface area contributed by atoms with Gasteiger partial charge in [-0.15, -0.1) is 0 Å². The van der Waals surface area contributed by atoms with Crippen molar-refractivity contribution in [2.75, 3.05) is 0 Å². The first-order chi connectivity index (χ1) is 7.12. The summed E-state index contributed by atoms with van der Waals surface area (Å²) in [6, 6.07) is 8.86. The molecule has 0 radical (unpaired) electrons.